The third-order valence-corrected chi connectivity index (χ3v) is 5.45. The van der Waals surface area contributed by atoms with Crippen molar-refractivity contribution in [3.8, 4) is 5.75 Å². The minimum Gasteiger partial charge on any atom is -0.494 e. The molecular weight excluding hydrogens is 390 g/mol. The molecule has 1 N–H and O–H groups in total. The Hall–Kier alpha value is -2.82. The van der Waals surface area contributed by atoms with Crippen LogP contribution in [0.25, 0.3) is 0 Å². The number of carbonyl (C=O) groups is 2. The first-order valence-electron chi connectivity index (χ1n) is 11.2. The molecule has 0 saturated carbocycles. The first-order valence-corrected chi connectivity index (χ1v) is 11.2. The molecule has 1 amide bonds. The predicted octanol–water partition coefficient (Wildman–Crippen LogP) is 6.13. The summed E-state index contributed by atoms with van der Waals surface area (Å²) < 4.78 is 11.0. The first-order chi connectivity index (χ1) is 14.9. The second kappa shape index (κ2) is 12.1. The Morgan fingerprint density at radius 3 is 2.39 bits per heavy atom. The maximum atomic E-state index is 12.2. The van der Waals surface area contributed by atoms with Crippen molar-refractivity contribution in [3.05, 3.63) is 59.7 Å². The van der Waals surface area contributed by atoms with Crippen LogP contribution in [0.3, 0.4) is 0 Å². The smallest absolute Gasteiger partial charge is 0.338 e. The van der Waals surface area contributed by atoms with E-state index < -0.39 is 0 Å². The molecule has 2 rings (SSSR count). The van der Waals surface area contributed by atoms with E-state index in [1.165, 1.54) is 5.56 Å². The Morgan fingerprint density at radius 2 is 1.71 bits per heavy atom. The third-order valence-electron chi connectivity index (χ3n) is 5.45. The van der Waals surface area contributed by atoms with E-state index >= 15 is 0 Å². The molecule has 2 aromatic carbocycles. The fourth-order valence-electron chi connectivity index (χ4n) is 2.97. The summed E-state index contributed by atoms with van der Waals surface area (Å²) in [7, 11) is 0. The van der Waals surface area contributed by atoms with E-state index in [-0.39, 0.29) is 17.3 Å². The highest BCUT2D eigenvalue weighted by molar-refractivity contribution is 5.94. The van der Waals surface area contributed by atoms with Crippen LogP contribution in [-0.2, 0) is 14.9 Å². The maximum Gasteiger partial charge on any atom is 0.338 e. The van der Waals surface area contributed by atoms with Crippen LogP contribution in [0.1, 0.15) is 75.7 Å². The standard InChI is InChI=1S/C26H35NO4/c1-5-7-17-31-25(29)20-10-8-11-22(19-20)27-24(28)12-9-18-30-23-15-13-21(14-16-23)26(3,4)6-2/h8,10-11,13-16,19H,5-7,9,12,17-18H2,1-4H3,(H,27,28). The van der Waals surface area contributed by atoms with Crippen molar-refractivity contribution in [1.29, 1.82) is 0 Å². The largest absolute Gasteiger partial charge is 0.494 e. The van der Waals surface area contributed by atoms with Crippen LogP contribution in [-0.4, -0.2) is 25.1 Å². The summed E-state index contributed by atoms with van der Waals surface area (Å²) in [5, 5.41) is 2.83. The number of anilines is 1. The van der Waals surface area contributed by atoms with Gasteiger partial charge in [0.2, 0.25) is 5.91 Å². The minimum atomic E-state index is -0.369. The SMILES string of the molecule is CCCCOC(=O)c1cccc(NC(=O)CCCOc2ccc(C(C)(C)CC)cc2)c1. The second-order valence-corrected chi connectivity index (χ2v) is 8.33. The number of carbonyl (C=O) groups excluding carboxylic acids is 2. The van der Waals surface area contributed by atoms with Crippen molar-refractivity contribution >= 4 is 17.6 Å². The number of hydrogen-bond acceptors (Lipinski definition) is 4. The van der Waals surface area contributed by atoms with Gasteiger partial charge in [0.15, 0.2) is 0 Å². The summed E-state index contributed by atoms with van der Waals surface area (Å²) in [5.41, 5.74) is 2.47. The van der Waals surface area contributed by atoms with Crippen LogP contribution in [0.5, 0.6) is 5.75 Å². The lowest BCUT2D eigenvalue weighted by molar-refractivity contribution is -0.116. The molecule has 0 unspecified atom stereocenters. The summed E-state index contributed by atoms with van der Waals surface area (Å²) >= 11 is 0. The summed E-state index contributed by atoms with van der Waals surface area (Å²) in [6.07, 6.45) is 3.82. The lowest BCUT2D eigenvalue weighted by Gasteiger charge is -2.23. The molecule has 5 heteroatoms. The molecule has 0 aliphatic heterocycles. The molecule has 0 bridgehead atoms. The monoisotopic (exact) mass is 425 g/mol. The van der Waals surface area contributed by atoms with Crippen LogP contribution in [0.4, 0.5) is 5.69 Å². The zero-order chi connectivity index (χ0) is 22.7. The molecule has 0 aliphatic carbocycles. The van der Waals surface area contributed by atoms with Gasteiger partial charge in [-0.3, -0.25) is 4.79 Å². The summed E-state index contributed by atoms with van der Waals surface area (Å²) in [5.74, 6) is 0.330. The number of esters is 1. The number of ether oxygens (including phenoxy) is 2. The van der Waals surface area contributed by atoms with Crippen molar-refractivity contribution in [2.24, 2.45) is 0 Å². The van der Waals surface area contributed by atoms with Crippen molar-refractivity contribution in [3.63, 3.8) is 0 Å². The van der Waals surface area contributed by atoms with Gasteiger partial charge in [-0.2, -0.15) is 0 Å². The van der Waals surface area contributed by atoms with Crippen LogP contribution in [0, 0.1) is 0 Å². The van der Waals surface area contributed by atoms with Crippen molar-refractivity contribution in [2.45, 2.75) is 65.2 Å². The van der Waals surface area contributed by atoms with Crippen LogP contribution < -0.4 is 10.1 Å². The van der Waals surface area contributed by atoms with Gasteiger partial charge in [-0.15, -0.1) is 0 Å². The van der Waals surface area contributed by atoms with Gasteiger partial charge in [-0.25, -0.2) is 4.79 Å². The minimum absolute atomic E-state index is 0.111. The molecular formula is C26H35NO4. The number of nitrogens with one attached hydrogen (secondary N) is 1. The molecule has 0 spiro atoms. The van der Waals surface area contributed by atoms with E-state index in [9.17, 15) is 9.59 Å². The Balaban J connectivity index is 1.75. The highest BCUT2D eigenvalue weighted by Crippen LogP contribution is 2.28. The summed E-state index contributed by atoms with van der Waals surface area (Å²) in [4.78, 5) is 24.3. The molecule has 0 saturated heterocycles. The molecule has 5 nitrogen and oxygen atoms in total. The molecule has 0 fully saturated rings. The third kappa shape index (κ3) is 8.08. The number of amides is 1. The molecule has 0 heterocycles. The topological polar surface area (TPSA) is 64.6 Å². The molecule has 2 aromatic rings. The van der Waals surface area contributed by atoms with E-state index in [4.69, 9.17) is 9.47 Å². The Labute approximate surface area is 186 Å². The molecule has 0 aromatic heterocycles. The van der Waals surface area contributed by atoms with Gasteiger partial charge in [-0.1, -0.05) is 52.3 Å². The quantitative estimate of drug-likeness (QED) is 0.328. The Morgan fingerprint density at radius 1 is 0.968 bits per heavy atom. The van der Waals surface area contributed by atoms with E-state index in [2.05, 4.69) is 38.2 Å². The molecule has 168 valence electrons. The number of hydrogen-bond donors (Lipinski definition) is 1. The second-order valence-electron chi connectivity index (χ2n) is 8.33. The fourth-order valence-corrected chi connectivity index (χ4v) is 2.97. The molecule has 0 aliphatic rings. The van der Waals surface area contributed by atoms with Crippen molar-refractivity contribution in [2.75, 3.05) is 18.5 Å². The molecule has 0 radical (unpaired) electrons. The maximum absolute atomic E-state index is 12.2. The van der Waals surface area contributed by atoms with Gasteiger partial charge in [0, 0.05) is 12.1 Å². The molecule has 31 heavy (non-hydrogen) atoms. The lowest BCUT2D eigenvalue weighted by Crippen LogP contribution is -2.15. The number of benzene rings is 2. The van der Waals surface area contributed by atoms with Gasteiger partial charge < -0.3 is 14.8 Å². The zero-order valence-corrected chi connectivity index (χ0v) is 19.2. The average molecular weight is 426 g/mol. The fraction of sp³-hybridized carbons (Fsp3) is 0.462. The molecule has 0 atom stereocenters. The Kier molecular flexibility index (Phi) is 9.57. The first kappa shape index (κ1) is 24.4. The van der Waals surface area contributed by atoms with Gasteiger partial charge >= 0.3 is 5.97 Å². The zero-order valence-electron chi connectivity index (χ0n) is 19.2. The summed E-state index contributed by atoms with van der Waals surface area (Å²) in [6.45, 7) is 9.56. The van der Waals surface area contributed by atoms with E-state index in [0.29, 0.717) is 37.3 Å². The van der Waals surface area contributed by atoms with Crippen LogP contribution >= 0.6 is 0 Å². The van der Waals surface area contributed by atoms with Crippen LogP contribution in [0.2, 0.25) is 0 Å². The summed E-state index contributed by atoms with van der Waals surface area (Å²) in [6, 6.07) is 15.0. The van der Waals surface area contributed by atoms with E-state index in [1.54, 1.807) is 24.3 Å². The van der Waals surface area contributed by atoms with Gasteiger partial charge in [0.1, 0.15) is 5.75 Å². The van der Waals surface area contributed by atoms with Gasteiger partial charge in [-0.05, 0) is 60.6 Å². The van der Waals surface area contributed by atoms with Gasteiger partial charge in [0.25, 0.3) is 0 Å². The predicted molar refractivity (Wildman–Crippen MR) is 125 cm³/mol. The van der Waals surface area contributed by atoms with E-state index in [0.717, 1.165) is 25.0 Å². The lowest BCUT2D eigenvalue weighted by atomic mass is 9.82. The highest BCUT2D eigenvalue weighted by Gasteiger charge is 2.17. The van der Waals surface area contributed by atoms with Crippen molar-refractivity contribution in [1.82, 2.24) is 0 Å². The Bertz CT molecular complexity index is 843. The van der Waals surface area contributed by atoms with Gasteiger partial charge in [0.05, 0.1) is 18.8 Å². The number of rotatable bonds is 12. The normalized spacial score (nSPS) is 11.1. The highest BCUT2D eigenvalue weighted by atomic mass is 16.5. The van der Waals surface area contributed by atoms with Crippen molar-refractivity contribution < 1.29 is 19.1 Å². The van der Waals surface area contributed by atoms with Crippen LogP contribution in [0.15, 0.2) is 48.5 Å². The number of unbranched alkanes of at least 4 members (excludes halogenated alkanes) is 1. The average Bonchev–Trinajstić information content (AvgIpc) is 2.77. The van der Waals surface area contributed by atoms with E-state index in [1.807, 2.05) is 19.1 Å².